The van der Waals surface area contributed by atoms with Gasteiger partial charge in [-0.3, -0.25) is 4.79 Å². The van der Waals surface area contributed by atoms with Gasteiger partial charge in [0, 0.05) is 6.54 Å². The molecule has 0 radical (unpaired) electrons. The van der Waals surface area contributed by atoms with E-state index in [1.165, 1.54) is 6.07 Å². The molecule has 5 nitrogen and oxygen atoms in total. The van der Waals surface area contributed by atoms with Crippen molar-refractivity contribution in [3.05, 3.63) is 29.6 Å². The summed E-state index contributed by atoms with van der Waals surface area (Å²) >= 11 is 0. The van der Waals surface area contributed by atoms with Gasteiger partial charge in [-0.1, -0.05) is 26.0 Å². The number of carbonyl (C=O) groups is 2. The number of carboxylic acid groups (broad SMARTS) is 1. The second kappa shape index (κ2) is 7.61. The van der Waals surface area contributed by atoms with Crippen molar-refractivity contribution in [2.75, 3.05) is 11.9 Å². The van der Waals surface area contributed by atoms with Crippen molar-refractivity contribution in [3.8, 4) is 0 Å². The standard InChI is InChI=1S/C15H21FN2O3/c1-9(2)7-11(14(19)20)8-17-15(21)18-13-10(3)5-4-6-12(13)16/h4-6,9,11H,7-8H2,1-3H3,(H,19,20)(H2,17,18,21). The van der Waals surface area contributed by atoms with Crippen LogP contribution < -0.4 is 10.6 Å². The molecule has 0 saturated heterocycles. The SMILES string of the molecule is Cc1cccc(F)c1NC(=O)NCC(CC(C)C)C(=O)O. The minimum atomic E-state index is -0.953. The highest BCUT2D eigenvalue weighted by molar-refractivity contribution is 5.90. The minimum Gasteiger partial charge on any atom is -0.481 e. The molecule has 0 heterocycles. The van der Waals surface area contributed by atoms with Crippen LogP contribution in [0.2, 0.25) is 0 Å². The van der Waals surface area contributed by atoms with Gasteiger partial charge < -0.3 is 15.7 Å². The van der Waals surface area contributed by atoms with Gasteiger partial charge in [-0.15, -0.1) is 0 Å². The van der Waals surface area contributed by atoms with Crippen LogP contribution in [-0.2, 0) is 4.79 Å². The van der Waals surface area contributed by atoms with Crippen molar-refractivity contribution in [2.45, 2.75) is 27.2 Å². The number of para-hydroxylation sites is 1. The van der Waals surface area contributed by atoms with E-state index in [0.717, 1.165) is 0 Å². The molecule has 1 aromatic rings. The number of anilines is 1. The van der Waals surface area contributed by atoms with E-state index in [1.54, 1.807) is 19.1 Å². The van der Waals surface area contributed by atoms with E-state index >= 15 is 0 Å². The molecule has 0 saturated carbocycles. The first-order valence-electron chi connectivity index (χ1n) is 6.84. The number of carbonyl (C=O) groups excluding carboxylic acids is 1. The first kappa shape index (κ1) is 16.9. The number of hydrogen-bond donors (Lipinski definition) is 3. The van der Waals surface area contributed by atoms with Crippen molar-refractivity contribution >= 4 is 17.7 Å². The lowest BCUT2D eigenvalue weighted by molar-refractivity contribution is -0.142. The lowest BCUT2D eigenvalue weighted by Gasteiger charge is -2.16. The zero-order chi connectivity index (χ0) is 16.0. The van der Waals surface area contributed by atoms with E-state index in [0.29, 0.717) is 12.0 Å². The van der Waals surface area contributed by atoms with E-state index in [-0.39, 0.29) is 18.2 Å². The second-order valence-corrected chi connectivity index (χ2v) is 5.43. The molecule has 1 aromatic carbocycles. The van der Waals surface area contributed by atoms with E-state index in [4.69, 9.17) is 5.11 Å². The zero-order valence-electron chi connectivity index (χ0n) is 12.4. The van der Waals surface area contributed by atoms with Crippen LogP contribution in [0.4, 0.5) is 14.9 Å². The van der Waals surface area contributed by atoms with E-state index in [9.17, 15) is 14.0 Å². The van der Waals surface area contributed by atoms with Gasteiger partial charge in [-0.25, -0.2) is 9.18 Å². The highest BCUT2D eigenvalue weighted by Crippen LogP contribution is 2.18. The van der Waals surface area contributed by atoms with Crippen molar-refractivity contribution < 1.29 is 19.1 Å². The van der Waals surface area contributed by atoms with Crippen molar-refractivity contribution in [1.29, 1.82) is 0 Å². The Morgan fingerprint density at radius 3 is 2.52 bits per heavy atom. The fourth-order valence-electron chi connectivity index (χ4n) is 2.00. The predicted octanol–water partition coefficient (Wildman–Crippen LogP) is 3.00. The van der Waals surface area contributed by atoms with E-state index in [2.05, 4.69) is 10.6 Å². The first-order chi connectivity index (χ1) is 9.81. The number of rotatable bonds is 6. The summed E-state index contributed by atoms with van der Waals surface area (Å²) in [6, 6.07) is 3.87. The quantitative estimate of drug-likeness (QED) is 0.755. The number of benzene rings is 1. The number of aliphatic carboxylic acids is 1. The maximum atomic E-state index is 13.6. The first-order valence-corrected chi connectivity index (χ1v) is 6.84. The number of halogens is 1. The third-order valence-electron chi connectivity index (χ3n) is 3.07. The molecule has 0 aliphatic carbocycles. The third kappa shape index (κ3) is 5.41. The summed E-state index contributed by atoms with van der Waals surface area (Å²) < 4.78 is 13.6. The Bertz CT molecular complexity index is 497. The van der Waals surface area contributed by atoms with Crippen molar-refractivity contribution in [3.63, 3.8) is 0 Å². The van der Waals surface area contributed by atoms with Crippen LogP contribution in [0.3, 0.4) is 0 Å². The Morgan fingerprint density at radius 1 is 1.33 bits per heavy atom. The number of urea groups is 1. The smallest absolute Gasteiger partial charge is 0.319 e. The molecular weight excluding hydrogens is 275 g/mol. The monoisotopic (exact) mass is 296 g/mol. The van der Waals surface area contributed by atoms with Crippen LogP contribution in [0.5, 0.6) is 0 Å². The minimum absolute atomic E-state index is 0.00679. The lowest BCUT2D eigenvalue weighted by atomic mass is 9.97. The average molecular weight is 296 g/mol. The fraction of sp³-hybridized carbons (Fsp3) is 0.467. The molecule has 0 aromatic heterocycles. The zero-order valence-corrected chi connectivity index (χ0v) is 12.4. The summed E-state index contributed by atoms with van der Waals surface area (Å²) in [5.41, 5.74) is 0.702. The van der Waals surface area contributed by atoms with Gasteiger partial charge in [0.05, 0.1) is 11.6 Å². The number of hydrogen-bond acceptors (Lipinski definition) is 2. The molecule has 21 heavy (non-hydrogen) atoms. The average Bonchev–Trinajstić information content (AvgIpc) is 2.38. The maximum Gasteiger partial charge on any atom is 0.319 e. The topological polar surface area (TPSA) is 78.4 Å². The van der Waals surface area contributed by atoms with Gasteiger partial charge in [0.15, 0.2) is 0 Å². The summed E-state index contributed by atoms with van der Waals surface area (Å²) in [7, 11) is 0. The van der Waals surface area contributed by atoms with E-state index < -0.39 is 23.7 Å². The molecule has 1 rings (SSSR count). The molecule has 1 atom stereocenters. The Morgan fingerprint density at radius 2 is 2.00 bits per heavy atom. The number of aryl methyl sites for hydroxylation is 1. The highest BCUT2D eigenvalue weighted by Gasteiger charge is 2.20. The Hall–Kier alpha value is -2.11. The van der Waals surface area contributed by atoms with Crippen LogP contribution in [0, 0.1) is 24.6 Å². The second-order valence-electron chi connectivity index (χ2n) is 5.43. The van der Waals surface area contributed by atoms with Crippen molar-refractivity contribution in [1.82, 2.24) is 5.32 Å². The van der Waals surface area contributed by atoms with Crippen LogP contribution in [0.1, 0.15) is 25.8 Å². The Labute approximate surface area is 123 Å². The Kier molecular flexibility index (Phi) is 6.14. The third-order valence-corrected chi connectivity index (χ3v) is 3.07. The van der Waals surface area contributed by atoms with Crippen LogP contribution >= 0.6 is 0 Å². The maximum absolute atomic E-state index is 13.6. The summed E-state index contributed by atoms with van der Waals surface area (Å²) in [6.07, 6.45) is 0.467. The molecule has 0 aliphatic rings. The number of nitrogens with one attached hydrogen (secondary N) is 2. The normalized spacial score (nSPS) is 12.0. The molecule has 0 aliphatic heterocycles. The molecule has 0 spiro atoms. The number of carboxylic acids is 1. The Balaban J connectivity index is 2.59. The largest absolute Gasteiger partial charge is 0.481 e. The van der Waals surface area contributed by atoms with Crippen molar-refractivity contribution in [2.24, 2.45) is 11.8 Å². The predicted molar refractivity (Wildman–Crippen MR) is 78.7 cm³/mol. The molecular formula is C15H21FN2O3. The molecule has 116 valence electrons. The van der Waals surface area contributed by atoms with Crippen LogP contribution in [0.25, 0.3) is 0 Å². The molecule has 1 unspecified atom stereocenters. The lowest BCUT2D eigenvalue weighted by Crippen LogP contribution is -2.36. The number of amides is 2. The van der Waals surface area contributed by atoms with Gasteiger partial charge in [0.1, 0.15) is 5.82 Å². The van der Waals surface area contributed by atoms with Crippen LogP contribution in [-0.4, -0.2) is 23.7 Å². The van der Waals surface area contributed by atoms with Crippen LogP contribution in [0.15, 0.2) is 18.2 Å². The van der Waals surface area contributed by atoms with Gasteiger partial charge in [-0.05, 0) is 30.9 Å². The molecule has 6 heteroatoms. The molecule has 2 amide bonds. The fourth-order valence-corrected chi connectivity index (χ4v) is 2.00. The summed E-state index contributed by atoms with van der Waals surface area (Å²) in [5, 5.41) is 14.0. The van der Waals surface area contributed by atoms with Gasteiger partial charge >= 0.3 is 12.0 Å². The molecule has 0 bridgehead atoms. The summed E-state index contributed by atoms with van der Waals surface area (Å²) in [4.78, 5) is 22.8. The summed E-state index contributed by atoms with van der Waals surface area (Å²) in [5.74, 6) is -1.92. The highest BCUT2D eigenvalue weighted by atomic mass is 19.1. The van der Waals surface area contributed by atoms with Gasteiger partial charge in [-0.2, -0.15) is 0 Å². The molecule has 0 fully saturated rings. The summed E-state index contributed by atoms with van der Waals surface area (Å²) in [6.45, 7) is 5.52. The van der Waals surface area contributed by atoms with Gasteiger partial charge in [0.25, 0.3) is 0 Å². The van der Waals surface area contributed by atoms with E-state index in [1.807, 2.05) is 13.8 Å². The van der Waals surface area contributed by atoms with Gasteiger partial charge in [0.2, 0.25) is 0 Å². The molecule has 3 N–H and O–H groups in total.